The van der Waals surface area contributed by atoms with Crippen LogP contribution in [0.3, 0.4) is 0 Å². The summed E-state index contributed by atoms with van der Waals surface area (Å²) in [5.41, 5.74) is 3.95. The molecule has 1 heterocycles. The van der Waals surface area contributed by atoms with Gasteiger partial charge in [-0.25, -0.2) is 4.39 Å². The number of amides is 1. The number of unbranched alkanes of at least 4 members (excludes halogenated alkanes) is 4. The second-order valence-electron chi connectivity index (χ2n) is 11.5. The van der Waals surface area contributed by atoms with Gasteiger partial charge in [0.2, 0.25) is 0 Å². The van der Waals surface area contributed by atoms with E-state index >= 15 is 0 Å². The van der Waals surface area contributed by atoms with E-state index in [4.69, 9.17) is 27.2 Å². The summed E-state index contributed by atoms with van der Waals surface area (Å²) in [5.74, 6) is -1.03. The number of aliphatic hydroxyl groups is 1. The second kappa shape index (κ2) is 36.0. The number of rotatable bonds is 16. The molecule has 50 heavy (non-hydrogen) atoms. The van der Waals surface area contributed by atoms with E-state index in [-0.39, 0.29) is 21.6 Å². The lowest BCUT2D eigenvalue weighted by Gasteiger charge is -2.09. The van der Waals surface area contributed by atoms with Crippen LogP contribution in [0.2, 0.25) is 0 Å². The summed E-state index contributed by atoms with van der Waals surface area (Å²) in [6.45, 7) is 21.9. The van der Waals surface area contributed by atoms with Crippen molar-refractivity contribution in [2.45, 2.75) is 113 Å². The minimum Gasteiger partial charge on any atom is -0.480 e. The van der Waals surface area contributed by atoms with Crippen LogP contribution in [-0.4, -0.2) is 58.2 Å². The number of halogens is 1. The highest BCUT2D eigenvalue weighted by Crippen LogP contribution is 2.28. The summed E-state index contributed by atoms with van der Waals surface area (Å²) in [5, 5.41) is 15.4. The van der Waals surface area contributed by atoms with Crippen LogP contribution in [0.4, 0.5) is 4.39 Å². The normalized spacial score (nSPS) is 14.6. The number of hydrogen-bond acceptors (Lipinski definition) is 6. The maximum absolute atomic E-state index is 12.5. The lowest BCUT2D eigenvalue weighted by atomic mass is 10.1. The number of aliphatic hydroxyl groups excluding tert-OH is 1. The van der Waals surface area contributed by atoms with Crippen molar-refractivity contribution in [1.82, 2.24) is 4.90 Å². The van der Waals surface area contributed by atoms with Gasteiger partial charge in [-0.3, -0.25) is 14.5 Å². The molecule has 9 heteroatoms. The Morgan fingerprint density at radius 1 is 1.08 bits per heavy atom. The van der Waals surface area contributed by atoms with Crippen LogP contribution < -0.4 is 0 Å². The van der Waals surface area contributed by atoms with E-state index in [2.05, 4.69) is 98.4 Å². The van der Waals surface area contributed by atoms with Crippen molar-refractivity contribution >= 4 is 40.2 Å². The Morgan fingerprint density at radius 3 is 2.20 bits per heavy atom. The first-order valence-electron chi connectivity index (χ1n) is 17.7. The average Bonchev–Trinajstić information content (AvgIpc) is 3.22. The summed E-state index contributed by atoms with van der Waals surface area (Å²) >= 11 is 5.79. The van der Waals surface area contributed by atoms with E-state index in [0.29, 0.717) is 19.1 Å². The van der Waals surface area contributed by atoms with Gasteiger partial charge in [0.05, 0.1) is 18.1 Å². The van der Waals surface area contributed by atoms with Crippen molar-refractivity contribution in [3.8, 4) is 0 Å². The Bertz CT molecular complexity index is 1180. The summed E-state index contributed by atoms with van der Waals surface area (Å²) in [6.07, 6.45) is 30.6. The number of thioether (sulfide) groups is 1. The highest BCUT2D eigenvalue weighted by Gasteiger charge is 2.31. The third-order valence-corrected chi connectivity index (χ3v) is 8.21. The molecule has 1 saturated heterocycles. The number of hydrogen-bond donors (Lipinski definition) is 2. The van der Waals surface area contributed by atoms with Crippen LogP contribution in [0.15, 0.2) is 94.8 Å². The van der Waals surface area contributed by atoms with Gasteiger partial charge in [-0.05, 0) is 56.3 Å². The third-order valence-electron chi connectivity index (χ3n) is 6.93. The molecular weight excluding hydrogens is 670 g/mol. The van der Waals surface area contributed by atoms with Gasteiger partial charge in [-0.15, -0.1) is 0 Å². The van der Waals surface area contributed by atoms with Crippen molar-refractivity contribution in [2.24, 2.45) is 5.92 Å². The van der Waals surface area contributed by atoms with Crippen LogP contribution in [0.1, 0.15) is 113 Å². The fourth-order valence-corrected chi connectivity index (χ4v) is 4.83. The van der Waals surface area contributed by atoms with E-state index in [1.54, 1.807) is 0 Å². The minimum absolute atomic E-state index is 0.150. The Morgan fingerprint density at radius 2 is 1.72 bits per heavy atom. The molecule has 0 radical (unpaired) electrons. The molecule has 284 valence electrons. The molecule has 0 aromatic carbocycles. The number of carbonyl (C=O) groups is 2. The van der Waals surface area contributed by atoms with Gasteiger partial charge in [0.15, 0.2) is 0 Å². The number of ether oxygens (including phenoxy) is 1. The quantitative estimate of drug-likeness (QED) is 0.0706. The maximum atomic E-state index is 12.5. The monoisotopic (exact) mass is 735 g/mol. The lowest BCUT2D eigenvalue weighted by molar-refractivity contribution is -0.140. The van der Waals surface area contributed by atoms with E-state index in [0.717, 1.165) is 49.5 Å². The second-order valence-corrected chi connectivity index (χ2v) is 13.2. The van der Waals surface area contributed by atoms with Crippen LogP contribution in [0.25, 0.3) is 0 Å². The van der Waals surface area contributed by atoms with Gasteiger partial charge in [-0.1, -0.05) is 171 Å². The number of carboxylic acids is 1. The highest BCUT2D eigenvalue weighted by atomic mass is 32.2. The predicted octanol–water partition coefficient (Wildman–Crippen LogP) is 11.6. The van der Waals surface area contributed by atoms with Crippen LogP contribution in [-0.2, 0) is 14.3 Å². The van der Waals surface area contributed by atoms with Crippen molar-refractivity contribution in [3.63, 3.8) is 0 Å². The molecule has 0 atom stereocenters. The minimum atomic E-state index is -1.08. The fraction of sp³-hybridized carbons (Fsp3) is 0.537. The first-order valence-corrected chi connectivity index (χ1v) is 19.0. The molecule has 1 aliphatic carbocycles. The predicted molar refractivity (Wildman–Crippen MR) is 219 cm³/mol. The van der Waals surface area contributed by atoms with Crippen molar-refractivity contribution < 1.29 is 28.9 Å². The topological polar surface area (TPSA) is 87.1 Å². The molecular formula is C41H66FNO5S2. The van der Waals surface area contributed by atoms with E-state index in [1.807, 2.05) is 12.2 Å². The molecule has 0 aromatic heterocycles. The molecule has 1 aliphatic heterocycles. The molecule has 2 N–H and O–H groups in total. The number of allylic oxidation sites excluding steroid dienone is 11. The molecule has 1 fully saturated rings. The molecule has 6 nitrogen and oxygen atoms in total. The highest BCUT2D eigenvalue weighted by molar-refractivity contribution is 8.26. The Kier molecular flexibility index (Phi) is 37.1. The molecule has 2 aliphatic rings. The summed E-state index contributed by atoms with van der Waals surface area (Å²) in [7, 11) is 1.00. The molecule has 0 bridgehead atoms. The molecule has 2 rings (SSSR count). The van der Waals surface area contributed by atoms with Crippen LogP contribution in [0, 0.1) is 5.92 Å². The fourth-order valence-electron chi connectivity index (χ4n) is 3.71. The SMILES string of the molecule is C=C1SC(=S)N(CC(=O)O)C1=O.CC/C=C\C(=C/CC)COC/C=C\C=C(\C)C(C)C.CCC1=CC=C(F)C=CC1.CCCCCCC.CO. The molecule has 0 aromatic rings. The van der Waals surface area contributed by atoms with Gasteiger partial charge in [0, 0.05) is 7.11 Å². The van der Waals surface area contributed by atoms with Gasteiger partial charge in [-0.2, -0.15) is 0 Å². The largest absolute Gasteiger partial charge is 0.480 e. The maximum Gasteiger partial charge on any atom is 0.323 e. The Labute approximate surface area is 313 Å². The molecule has 0 saturated carbocycles. The number of aliphatic carboxylic acids is 1. The van der Waals surface area contributed by atoms with Gasteiger partial charge >= 0.3 is 5.97 Å². The Hall–Kier alpha value is -2.85. The van der Waals surface area contributed by atoms with Crippen molar-refractivity contribution in [3.05, 3.63) is 94.8 Å². The first-order chi connectivity index (χ1) is 23.9. The van der Waals surface area contributed by atoms with Crippen LogP contribution in [0.5, 0.6) is 0 Å². The zero-order chi connectivity index (χ0) is 38.7. The third kappa shape index (κ3) is 30.0. The Balaban J connectivity index is -0.000000614. The standard InChI is InChI=1S/C18H30O.C9H11F.C7H16.C6H5NO3S2.CH4O/c1-6-8-13-18(11-7-2)15-19-14-10-9-12-17(5)16(3)4;1-2-8-4-3-5-9(10)7-6-8;1-3-5-7-6-4-2;1-3-5(10)7(2-4(8)9)6(11)12-3;1-2/h8-13,16H,6-7,14-15H2,1-5H3;3,5-7H,2,4H2,1H3;3-7H2,1-2H3;1-2H2,(H,8,9);2H,1H3/b10-9-,13-8-,17-12-,18-11+;;;;. The van der Waals surface area contributed by atoms with Crippen molar-refractivity contribution in [2.75, 3.05) is 26.9 Å². The zero-order valence-corrected chi connectivity index (χ0v) is 33.9. The number of nitrogens with zero attached hydrogens (tertiary/aromatic N) is 1. The molecule has 1 amide bonds. The lowest BCUT2D eigenvalue weighted by Crippen LogP contribution is -2.33. The molecule has 0 unspecified atom stereocenters. The number of carbonyl (C=O) groups excluding carboxylic acids is 1. The smallest absolute Gasteiger partial charge is 0.323 e. The first kappa shape index (κ1) is 51.5. The van der Waals surface area contributed by atoms with E-state index in [1.165, 1.54) is 61.0 Å². The number of thiocarbonyl (C=S) groups is 1. The summed E-state index contributed by atoms with van der Waals surface area (Å²) in [6, 6.07) is 0. The number of carboxylic acid groups (broad SMARTS) is 1. The average molecular weight is 736 g/mol. The van der Waals surface area contributed by atoms with E-state index in [9.17, 15) is 14.0 Å². The molecule has 0 spiro atoms. The summed E-state index contributed by atoms with van der Waals surface area (Å²) < 4.78 is 18.4. The van der Waals surface area contributed by atoms with Crippen molar-refractivity contribution in [1.29, 1.82) is 0 Å². The van der Waals surface area contributed by atoms with Gasteiger partial charge < -0.3 is 14.9 Å². The zero-order valence-electron chi connectivity index (χ0n) is 32.3. The van der Waals surface area contributed by atoms with Gasteiger partial charge in [0.1, 0.15) is 16.7 Å². The van der Waals surface area contributed by atoms with E-state index < -0.39 is 11.9 Å². The van der Waals surface area contributed by atoms with Crippen LogP contribution >= 0.6 is 24.0 Å². The van der Waals surface area contributed by atoms with Gasteiger partial charge in [0.25, 0.3) is 5.91 Å². The summed E-state index contributed by atoms with van der Waals surface area (Å²) in [4.78, 5) is 22.7.